The smallest absolute Gasteiger partial charge is 0.276 e. The van der Waals surface area contributed by atoms with E-state index < -0.39 is 0 Å². The highest BCUT2D eigenvalue weighted by Gasteiger charge is 2.29. The molecule has 0 saturated carbocycles. The lowest BCUT2D eigenvalue weighted by molar-refractivity contribution is 0.0772. The zero-order chi connectivity index (χ0) is 18.7. The molecule has 0 N–H and O–H groups in total. The second-order valence-electron chi connectivity index (χ2n) is 6.42. The number of amides is 1. The Kier molecular flexibility index (Phi) is 5.68. The van der Waals surface area contributed by atoms with Gasteiger partial charge in [0, 0.05) is 31.3 Å². The van der Waals surface area contributed by atoms with Crippen molar-refractivity contribution in [2.45, 2.75) is 19.1 Å². The van der Waals surface area contributed by atoms with Crippen LogP contribution in [0.4, 0.5) is 0 Å². The van der Waals surface area contributed by atoms with Crippen LogP contribution in [0.15, 0.2) is 28.8 Å². The van der Waals surface area contributed by atoms with Crippen molar-refractivity contribution in [3.63, 3.8) is 0 Å². The third kappa shape index (κ3) is 4.11. The summed E-state index contributed by atoms with van der Waals surface area (Å²) in [6.45, 7) is 1.56. The molecule has 1 unspecified atom stereocenters. The van der Waals surface area contributed by atoms with Crippen LogP contribution in [0, 0.1) is 0 Å². The number of carbonyl (C=O) groups excluding carboxylic acids is 1. The van der Waals surface area contributed by atoms with Gasteiger partial charge >= 0.3 is 0 Å². The lowest BCUT2D eigenvalue weighted by Crippen LogP contribution is -2.34. The normalized spacial score (nSPS) is 17.0. The van der Waals surface area contributed by atoms with Crippen molar-refractivity contribution in [3.05, 3.63) is 40.7 Å². The first-order chi connectivity index (χ1) is 12.5. The van der Waals surface area contributed by atoms with Gasteiger partial charge < -0.3 is 23.8 Å². The molecule has 0 aliphatic carbocycles. The van der Waals surface area contributed by atoms with Gasteiger partial charge in [-0.3, -0.25) is 4.79 Å². The van der Waals surface area contributed by atoms with E-state index in [1.165, 1.54) is 0 Å². The lowest BCUT2D eigenvalue weighted by Gasteiger charge is -2.19. The highest BCUT2D eigenvalue weighted by atomic mass is 35.5. The van der Waals surface area contributed by atoms with Gasteiger partial charge in [0.15, 0.2) is 11.5 Å². The highest BCUT2D eigenvalue weighted by Crippen LogP contribution is 2.29. The molecular weight excluding hydrogens is 358 g/mol. The first kappa shape index (κ1) is 18.5. The van der Waals surface area contributed by atoms with E-state index in [1.54, 1.807) is 36.3 Å². The van der Waals surface area contributed by atoms with Crippen LogP contribution in [0.3, 0.4) is 0 Å². The van der Waals surface area contributed by atoms with Gasteiger partial charge in [-0.05, 0) is 32.6 Å². The standard InChI is InChI=1S/C18H22ClN3O4/c1-21(2)12-6-7-22(10-12)18(23)16-9-14(26-20-16)11-25-17-5-4-13(24-3)8-15(17)19/h4-5,8-9,12H,6-7,10-11H2,1-3H3. The van der Waals surface area contributed by atoms with Gasteiger partial charge in [0.2, 0.25) is 0 Å². The minimum Gasteiger partial charge on any atom is -0.497 e. The molecule has 1 fully saturated rings. The number of methoxy groups -OCH3 is 1. The van der Waals surface area contributed by atoms with E-state index in [2.05, 4.69) is 10.1 Å². The molecule has 8 heteroatoms. The summed E-state index contributed by atoms with van der Waals surface area (Å²) in [4.78, 5) is 16.5. The molecule has 0 spiro atoms. The van der Waals surface area contributed by atoms with Crippen molar-refractivity contribution in [2.24, 2.45) is 0 Å². The Morgan fingerprint density at radius 3 is 2.88 bits per heavy atom. The lowest BCUT2D eigenvalue weighted by atomic mass is 10.2. The molecule has 2 aromatic rings. The maximum atomic E-state index is 12.5. The average Bonchev–Trinajstić information content (AvgIpc) is 3.29. The Labute approximate surface area is 157 Å². The Bertz CT molecular complexity index is 778. The van der Waals surface area contributed by atoms with Gasteiger partial charge in [-0.15, -0.1) is 0 Å². The van der Waals surface area contributed by atoms with Crippen molar-refractivity contribution in [1.82, 2.24) is 15.0 Å². The monoisotopic (exact) mass is 379 g/mol. The van der Waals surface area contributed by atoms with Crippen LogP contribution < -0.4 is 9.47 Å². The van der Waals surface area contributed by atoms with Crippen LogP contribution in [0.2, 0.25) is 5.02 Å². The molecule has 1 aliphatic rings. The Morgan fingerprint density at radius 2 is 2.23 bits per heavy atom. The molecule has 3 rings (SSSR count). The number of benzene rings is 1. The van der Waals surface area contributed by atoms with E-state index in [9.17, 15) is 4.79 Å². The first-order valence-corrected chi connectivity index (χ1v) is 8.73. The third-order valence-electron chi connectivity index (χ3n) is 4.47. The van der Waals surface area contributed by atoms with Crippen LogP contribution in [-0.2, 0) is 6.61 Å². The predicted octanol–water partition coefficient (Wildman–Crippen LogP) is 2.69. The number of halogens is 1. The quantitative estimate of drug-likeness (QED) is 0.768. The summed E-state index contributed by atoms with van der Waals surface area (Å²) in [7, 11) is 5.61. The molecular formula is C18H22ClN3O4. The fourth-order valence-corrected chi connectivity index (χ4v) is 3.09. The van der Waals surface area contributed by atoms with Crippen LogP contribution >= 0.6 is 11.6 Å². The summed E-state index contributed by atoms with van der Waals surface area (Å²) in [5.41, 5.74) is 0.295. The largest absolute Gasteiger partial charge is 0.497 e. The SMILES string of the molecule is COc1ccc(OCc2cc(C(=O)N3CCC(N(C)C)C3)no2)c(Cl)c1. The van der Waals surface area contributed by atoms with Crippen molar-refractivity contribution in [2.75, 3.05) is 34.3 Å². The van der Waals surface area contributed by atoms with E-state index in [0.29, 0.717) is 40.6 Å². The molecule has 1 saturated heterocycles. The van der Waals surface area contributed by atoms with E-state index in [1.807, 2.05) is 14.1 Å². The zero-order valence-corrected chi connectivity index (χ0v) is 15.8. The number of hydrogen-bond donors (Lipinski definition) is 0. The number of nitrogens with zero attached hydrogens (tertiary/aromatic N) is 3. The average molecular weight is 380 g/mol. The number of rotatable bonds is 6. The minimum absolute atomic E-state index is 0.119. The predicted molar refractivity (Wildman–Crippen MR) is 96.8 cm³/mol. The Morgan fingerprint density at radius 1 is 1.42 bits per heavy atom. The molecule has 7 nitrogen and oxygen atoms in total. The van der Waals surface area contributed by atoms with Gasteiger partial charge in [0.05, 0.1) is 12.1 Å². The summed E-state index contributed by atoms with van der Waals surface area (Å²) >= 11 is 6.14. The molecule has 1 aliphatic heterocycles. The van der Waals surface area contributed by atoms with Gasteiger partial charge in [-0.2, -0.15) is 0 Å². The molecule has 0 bridgehead atoms. The summed E-state index contributed by atoms with van der Waals surface area (Å²) in [6.07, 6.45) is 0.961. The Balaban J connectivity index is 1.59. The van der Waals surface area contributed by atoms with Crippen LogP contribution in [0.25, 0.3) is 0 Å². The van der Waals surface area contributed by atoms with Crippen molar-refractivity contribution in [1.29, 1.82) is 0 Å². The first-order valence-electron chi connectivity index (χ1n) is 8.35. The molecule has 2 heterocycles. The van der Waals surface area contributed by atoms with E-state index in [-0.39, 0.29) is 12.5 Å². The second-order valence-corrected chi connectivity index (χ2v) is 6.83. The van der Waals surface area contributed by atoms with Gasteiger partial charge in [-0.25, -0.2) is 0 Å². The molecule has 1 amide bonds. The fraction of sp³-hybridized carbons (Fsp3) is 0.444. The van der Waals surface area contributed by atoms with Crippen molar-refractivity contribution < 1.29 is 18.8 Å². The molecule has 0 radical (unpaired) electrons. The highest BCUT2D eigenvalue weighted by molar-refractivity contribution is 6.32. The summed E-state index contributed by atoms with van der Waals surface area (Å²) in [5, 5.41) is 4.32. The topological polar surface area (TPSA) is 68.0 Å². The molecule has 1 atom stereocenters. The number of likely N-dealkylation sites (tertiary alicyclic amines) is 1. The second kappa shape index (κ2) is 7.97. The fourth-order valence-electron chi connectivity index (χ4n) is 2.87. The summed E-state index contributed by atoms with van der Waals surface area (Å²) in [5.74, 6) is 1.50. The van der Waals surface area contributed by atoms with Crippen LogP contribution in [-0.4, -0.2) is 61.2 Å². The maximum Gasteiger partial charge on any atom is 0.276 e. The number of carbonyl (C=O) groups is 1. The summed E-state index contributed by atoms with van der Waals surface area (Å²) < 4.78 is 16.0. The van der Waals surface area contributed by atoms with Gasteiger partial charge in [-0.1, -0.05) is 16.8 Å². The molecule has 1 aromatic carbocycles. The van der Waals surface area contributed by atoms with Crippen molar-refractivity contribution in [3.8, 4) is 11.5 Å². The zero-order valence-electron chi connectivity index (χ0n) is 15.1. The number of likely N-dealkylation sites (N-methyl/N-ethyl adjacent to an activating group) is 1. The van der Waals surface area contributed by atoms with Crippen LogP contribution in [0.1, 0.15) is 22.7 Å². The number of aromatic nitrogens is 1. The van der Waals surface area contributed by atoms with Gasteiger partial charge in [0.1, 0.15) is 18.1 Å². The van der Waals surface area contributed by atoms with E-state index >= 15 is 0 Å². The van der Waals surface area contributed by atoms with Crippen LogP contribution in [0.5, 0.6) is 11.5 Å². The van der Waals surface area contributed by atoms with E-state index in [0.717, 1.165) is 13.0 Å². The molecule has 1 aromatic heterocycles. The molecule has 26 heavy (non-hydrogen) atoms. The van der Waals surface area contributed by atoms with Crippen molar-refractivity contribution >= 4 is 17.5 Å². The summed E-state index contributed by atoms with van der Waals surface area (Å²) in [6, 6.07) is 7.13. The minimum atomic E-state index is -0.119. The van der Waals surface area contributed by atoms with Gasteiger partial charge in [0.25, 0.3) is 5.91 Å². The third-order valence-corrected chi connectivity index (χ3v) is 4.76. The number of hydrogen-bond acceptors (Lipinski definition) is 6. The Hall–Kier alpha value is -2.25. The molecule has 140 valence electrons. The maximum absolute atomic E-state index is 12.5. The van der Waals surface area contributed by atoms with E-state index in [4.69, 9.17) is 25.6 Å². The number of ether oxygens (including phenoxy) is 2.